The van der Waals surface area contributed by atoms with Crippen LogP contribution in [0.4, 0.5) is 5.69 Å². The van der Waals surface area contributed by atoms with E-state index in [4.69, 9.17) is 28.2 Å². The average Bonchev–Trinajstić information content (AvgIpc) is 2.08. The molecular weight excluding hydrogens is 206 g/mol. The molecule has 0 unspecified atom stereocenters. The number of carbonyl (C=O) groups is 1. The zero-order valence-electron chi connectivity index (χ0n) is 7.27. The van der Waals surface area contributed by atoms with Gasteiger partial charge in [0.2, 0.25) is 0 Å². The van der Waals surface area contributed by atoms with Crippen LogP contribution in [-0.2, 0) is 4.79 Å². The number of nitrogens with zero attached hydrogens (tertiary/aromatic N) is 1. The number of aliphatic carboxylic acids is 1. The lowest BCUT2D eigenvalue weighted by Gasteiger charge is -2.10. The number of nitrogens with two attached hydrogens (primary N) is 2. The lowest BCUT2D eigenvalue weighted by atomic mass is 10.1. The molecule has 0 aliphatic rings. The number of carboxylic acid groups (broad SMARTS) is 1. The molecule has 6 heteroatoms. The van der Waals surface area contributed by atoms with Gasteiger partial charge in [-0.2, -0.15) is 0 Å². The van der Waals surface area contributed by atoms with E-state index in [1.165, 1.54) is 12.3 Å². The summed E-state index contributed by atoms with van der Waals surface area (Å²) in [7, 11) is 0. The van der Waals surface area contributed by atoms with Gasteiger partial charge >= 0.3 is 5.97 Å². The molecule has 0 aliphatic carbocycles. The largest absolute Gasteiger partial charge is 0.481 e. The van der Waals surface area contributed by atoms with E-state index >= 15 is 0 Å². The molecule has 1 atom stereocenters. The summed E-state index contributed by atoms with van der Waals surface area (Å²) in [6.45, 7) is 0. The van der Waals surface area contributed by atoms with Crippen LogP contribution < -0.4 is 11.5 Å². The van der Waals surface area contributed by atoms with Crippen molar-refractivity contribution in [2.24, 2.45) is 5.73 Å². The van der Waals surface area contributed by atoms with Crippen LogP contribution in [0, 0.1) is 0 Å². The lowest BCUT2D eigenvalue weighted by molar-refractivity contribution is -0.137. The predicted octanol–water partition coefficient (Wildman–Crippen LogP) is 0.792. The second-order valence-corrected chi connectivity index (χ2v) is 3.21. The van der Waals surface area contributed by atoms with Crippen LogP contribution in [0.25, 0.3) is 0 Å². The lowest BCUT2D eigenvalue weighted by Crippen LogP contribution is -2.16. The van der Waals surface area contributed by atoms with Crippen LogP contribution in [0.3, 0.4) is 0 Å². The van der Waals surface area contributed by atoms with Gasteiger partial charge in [-0.1, -0.05) is 11.6 Å². The number of hydrogen-bond donors (Lipinski definition) is 3. The molecule has 1 rings (SSSR count). The Bertz CT molecular complexity index is 356. The number of aromatic nitrogens is 1. The number of pyridine rings is 1. The van der Waals surface area contributed by atoms with Gasteiger partial charge in [-0.3, -0.25) is 4.79 Å². The highest BCUT2D eigenvalue weighted by molar-refractivity contribution is 6.30. The zero-order valence-corrected chi connectivity index (χ0v) is 8.03. The van der Waals surface area contributed by atoms with Crippen molar-refractivity contribution in [1.82, 2.24) is 4.98 Å². The minimum Gasteiger partial charge on any atom is -0.481 e. The fraction of sp³-hybridized carbons (Fsp3) is 0.250. The predicted molar refractivity (Wildman–Crippen MR) is 52.8 cm³/mol. The summed E-state index contributed by atoms with van der Waals surface area (Å²) in [6.07, 6.45) is 1.18. The number of hydrogen-bond acceptors (Lipinski definition) is 4. The van der Waals surface area contributed by atoms with Gasteiger partial charge in [0.15, 0.2) is 0 Å². The molecule has 0 aliphatic heterocycles. The Hall–Kier alpha value is -1.33. The van der Waals surface area contributed by atoms with Crippen LogP contribution in [0.2, 0.25) is 5.15 Å². The Morgan fingerprint density at radius 1 is 1.71 bits per heavy atom. The average molecular weight is 216 g/mol. The molecule has 0 radical (unpaired) electrons. The van der Waals surface area contributed by atoms with Crippen molar-refractivity contribution in [1.29, 1.82) is 0 Å². The van der Waals surface area contributed by atoms with Crippen LogP contribution in [0.15, 0.2) is 12.3 Å². The van der Waals surface area contributed by atoms with Gasteiger partial charge in [-0.25, -0.2) is 4.98 Å². The number of rotatable bonds is 3. The van der Waals surface area contributed by atoms with E-state index in [0.29, 0.717) is 11.3 Å². The van der Waals surface area contributed by atoms with Crippen molar-refractivity contribution in [2.75, 3.05) is 5.73 Å². The summed E-state index contributed by atoms with van der Waals surface area (Å²) >= 11 is 5.73. The minimum atomic E-state index is -0.990. The van der Waals surface area contributed by atoms with E-state index in [9.17, 15) is 4.79 Å². The molecular formula is C8H10ClN3O2. The molecule has 0 amide bonds. The number of halogens is 1. The van der Waals surface area contributed by atoms with E-state index in [1.807, 2.05) is 0 Å². The van der Waals surface area contributed by atoms with Crippen molar-refractivity contribution in [3.63, 3.8) is 0 Å². The second kappa shape index (κ2) is 4.26. The van der Waals surface area contributed by atoms with E-state index in [2.05, 4.69) is 4.98 Å². The first-order chi connectivity index (χ1) is 6.50. The topological polar surface area (TPSA) is 102 Å². The molecule has 0 bridgehead atoms. The number of anilines is 1. The molecule has 1 aromatic heterocycles. The van der Waals surface area contributed by atoms with Gasteiger partial charge in [0.25, 0.3) is 0 Å². The molecule has 0 spiro atoms. The first-order valence-electron chi connectivity index (χ1n) is 3.89. The third-order valence-corrected chi connectivity index (χ3v) is 2.00. The summed E-state index contributed by atoms with van der Waals surface area (Å²) in [5, 5.41) is 8.72. The van der Waals surface area contributed by atoms with Crippen LogP contribution >= 0.6 is 11.6 Å². The normalized spacial score (nSPS) is 12.4. The van der Waals surface area contributed by atoms with Crippen molar-refractivity contribution in [2.45, 2.75) is 12.5 Å². The van der Waals surface area contributed by atoms with Crippen molar-refractivity contribution in [3.8, 4) is 0 Å². The van der Waals surface area contributed by atoms with Gasteiger partial charge in [-0.05, 0) is 6.07 Å². The Morgan fingerprint density at radius 2 is 2.36 bits per heavy atom. The Kier molecular flexibility index (Phi) is 3.27. The third kappa shape index (κ3) is 2.58. The standard InChI is InChI=1S/C8H10ClN3O2/c9-8-5(1-4(10)3-12-8)6(11)2-7(13)14/h1,3,6H,2,10-11H2,(H,13,14)/t6-/m0/s1. The zero-order chi connectivity index (χ0) is 10.7. The summed E-state index contributed by atoms with van der Waals surface area (Å²) in [4.78, 5) is 14.2. The van der Waals surface area contributed by atoms with Gasteiger partial charge in [0, 0.05) is 11.6 Å². The molecule has 76 valence electrons. The highest BCUT2D eigenvalue weighted by Gasteiger charge is 2.14. The Balaban J connectivity index is 2.93. The Morgan fingerprint density at radius 3 is 2.93 bits per heavy atom. The fourth-order valence-corrected chi connectivity index (χ4v) is 1.28. The van der Waals surface area contributed by atoms with Crippen molar-refractivity contribution < 1.29 is 9.90 Å². The summed E-state index contributed by atoms with van der Waals surface area (Å²) in [5.74, 6) is -0.990. The molecule has 0 saturated carbocycles. The van der Waals surface area contributed by atoms with Crippen LogP contribution in [0.5, 0.6) is 0 Å². The molecule has 14 heavy (non-hydrogen) atoms. The first-order valence-corrected chi connectivity index (χ1v) is 4.26. The smallest absolute Gasteiger partial charge is 0.305 e. The number of nitrogen functional groups attached to an aromatic ring is 1. The monoisotopic (exact) mass is 215 g/mol. The van der Waals surface area contributed by atoms with Gasteiger partial charge in [-0.15, -0.1) is 0 Å². The van der Waals surface area contributed by atoms with Crippen LogP contribution in [0.1, 0.15) is 18.0 Å². The van der Waals surface area contributed by atoms with Gasteiger partial charge < -0.3 is 16.6 Å². The van der Waals surface area contributed by atoms with Crippen LogP contribution in [-0.4, -0.2) is 16.1 Å². The van der Waals surface area contributed by atoms with E-state index in [0.717, 1.165) is 0 Å². The van der Waals surface area contributed by atoms with E-state index in [-0.39, 0.29) is 11.6 Å². The van der Waals surface area contributed by atoms with Gasteiger partial charge in [0.1, 0.15) is 5.15 Å². The molecule has 5 nitrogen and oxygen atoms in total. The maximum absolute atomic E-state index is 10.4. The molecule has 5 N–H and O–H groups in total. The van der Waals surface area contributed by atoms with Crippen molar-refractivity contribution in [3.05, 3.63) is 23.0 Å². The number of carboxylic acids is 1. The molecule has 1 heterocycles. The third-order valence-electron chi connectivity index (χ3n) is 1.68. The van der Waals surface area contributed by atoms with E-state index < -0.39 is 12.0 Å². The van der Waals surface area contributed by atoms with Gasteiger partial charge in [0.05, 0.1) is 18.3 Å². The highest BCUT2D eigenvalue weighted by atomic mass is 35.5. The minimum absolute atomic E-state index is 0.188. The first kappa shape index (κ1) is 10.7. The maximum atomic E-state index is 10.4. The quantitative estimate of drug-likeness (QED) is 0.647. The Labute approximate surface area is 85.7 Å². The molecule has 0 aromatic carbocycles. The SMILES string of the molecule is Nc1cnc(Cl)c([C@@H](N)CC(=O)O)c1. The fourth-order valence-electron chi connectivity index (χ4n) is 1.04. The summed E-state index contributed by atoms with van der Waals surface area (Å²) < 4.78 is 0. The van der Waals surface area contributed by atoms with Crippen molar-refractivity contribution >= 4 is 23.3 Å². The van der Waals surface area contributed by atoms with E-state index in [1.54, 1.807) is 0 Å². The molecule has 0 fully saturated rings. The molecule has 1 aromatic rings. The summed E-state index contributed by atoms with van der Waals surface area (Å²) in [5.41, 5.74) is 11.9. The maximum Gasteiger partial charge on any atom is 0.305 e. The summed E-state index contributed by atoms with van der Waals surface area (Å²) in [6, 6.07) is 0.846. The molecule has 0 saturated heterocycles. The highest BCUT2D eigenvalue weighted by Crippen LogP contribution is 2.23. The second-order valence-electron chi connectivity index (χ2n) is 2.85.